The van der Waals surface area contributed by atoms with Crippen LogP contribution in [-0.4, -0.2) is 30.9 Å². The van der Waals surface area contributed by atoms with Crippen LogP contribution in [0.25, 0.3) is 0 Å². The zero-order chi connectivity index (χ0) is 17.8. The third-order valence-electron chi connectivity index (χ3n) is 4.84. The van der Waals surface area contributed by atoms with E-state index in [1.165, 1.54) is 18.2 Å². The van der Waals surface area contributed by atoms with Crippen molar-refractivity contribution in [2.24, 2.45) is 0 Å². The molecule has 1 aliphatic carbocycles. The van der Waals surface area contributed by atoms with Gasteiger partial charge in [-0.3, -0.25) is 4.79 Å². The monoisotopic (exact) mass is 337 g/mol. The summed E-state index contributed by atoms with van der Waals surface area (Å²) in [6, 6.07) is 15.4. The Kier molecular flexibility index (Phi) is 5.17. The first-order valence-corrected chi connectivity index (χ1v) is 8.60. The lowest BCUT2D eigenvalue weighted by Gasteiger charge is -2.28. The number of rotatable bonds is 4. The highest BCUT2D eigenvalue weighted by Gasteiger charge is 2.28. The highest BCUT2D eigenvalue weighted by Crippen LogP contribution is 2.32. The molecule has 25 heavy (non-hydrogen) atoms. The van der Waals surface area contributed by atoms with Crippen LogP contribution in [0.15, 0.2) is 48.5 Å². The number of carbonyl (C=O) groups is 2. The molecule has 2 aromatic carbocycles. The Morgan fingerprint density at radius 1 is 1.12 bits per heavy atom. The van der Waals surface area contributed by atoms with Crippen molar-refractivity contribution in [1.82, 2.24) is 4.90 Å². The van der Waals surface area contributed by atoms with E-state index in [-0.39, 0.29) is 17.8 Å². The molecule has 0 radical (unpaired) electrons. The summed E-state index contributed by atoms with van der Waals surface area (Å²) < 4.78 is 4.70. The predicted molar refractivity (Wildman–Crippen MR) is 96.4 cm³/mol. The Balaban J connectivity index is 1.70. The molecule has 4 heteroatoms. The molecular formula is C21H23NO3. The Bertz CT molecular complexity index is 767. The van der Waals surface area contributed by atoms with Gasteiger partial charge in [-0.2, -0.15) is 0 Å². The standard InChI is InChI=1S/C21H23NO3/c1-22(14-15-10-12-17(13-11-15)21(24)25-2)20(23)19-9-5-7-16-6-3-4-8-18(16)19/h3-4,6,8,10-13,19H,5,7,9,14H2,1-2H3. The van der Waals surface area contributed by atoms with Gasteiger partial charge in [-0.25, -0.2) is 4.79 Å². The van der Waals surface area contributed by atoms with E-state index < -0.39 is 0 Å². The van der Waals surface area contributed by atoms with Crippen LogP contribution in [0.2, 0.25) is 0 Å². The second-order valence-electron chi connectivity index (χ2n) is 6.53. The first-order valence-electron chi connectivity index (χ1n) is 8.60. The molecule has 0 saturated heterocycles. The maximum atomic E-state index is 12.9. The summed E-state index contributed by atoms with van der Waals surface area (Å²) in [5.74, 6) is -0.247. The summed E-state index contributed by atoms with van der Waals surface area (Å²) in [6.07, 6.45) is 3.01. The minimum absolute atomic E-state index is 0.0516. The van der Waals surface area contributed by atoms with Gasteiger partial charge in [0.05, 0.1) is 18.6 Å². The van der Waals surface area contributed by atoms with E-state index in [2.05, 4.69) is 12.1 Å². The van der Waals surface area contributed by atoms with Gasteiger partial charge in [0.1, 0.15) is 0 Å². The van der Waals surface area contributed by atoms with Crippen LogP contribution in [0.4, 0.5) is 0 Å². The van der Waals surface area contributed by atoms with Crippen molar-refractivity contribution in [1.29, 1.82) is 0 Å². The van der Waals surface area contributed by atoms with Crippen molar-refractivity contribution in [2.75, 3.05) is 14.2 Å². The topological polar surface area (TPSA) is 46.6 Å². The van der Waals surface area contributed by atoms with Crippen LogP contribution in [0.3, 0.4) is 0 Å². The average molecular weight is 337 g/mol. The Morgan fingerprint density at radius 2 is 1.84 bits per heavy atom. The van der Waals surface area contributed by atoms with E-state index in [4.69, 9.17) is 4.74 Å². The molecule has 2 aromatic rings. The van der Waals surface area contributed by atoms with E-state index in [0.717, 1.165) is 24.8 Å². The lowest BCUT2D eigenvalue weighted by molar-refractivity contribution is -0.132. The van der Waals surface area contributed by atoms with Crippen molar-refractivity contribution < 1.29 is 14.3 Å². The quantitative estimate of drug-likeness (QED) is 0.802. The van der Waals surface area contributed by atoms with Gasteiger partial charge in [0.2, 0.25) is 5.91 Å². The third-order valence-corrected chi connectivity index (χ3v) is 4.84. The maximum Gasteiger partial charge on any atom is 0.337 e. The molecule has 0 aliphatic heterocycles. The second kappa shape index (κ2) is 7.51. The van der Waals surface area contributed by atoms with Crippen LogP contribution < -0.4 is 0 Å². The molecule has 130 valence electrons. The fraction of sp³-hybridized carbons (Fsp3) is 0.333. The van der Waals surface area contributed by atoms with Gasteiger partial charge in [-0.05, 0) is 48.1 Å². The molecule has 0 spiro atoms. The maximum absolute atomic E-state index is 12.9. The first kappa shape index (κ1) is 17.2. The zero-order valence-electron chi connectivity index (χ0n) is 14.7. The molecular weight excluding hydrogens is 314 g/mol. The van der Waals surface area contributed by atoms with E-state index in [1.54, 1.807) is 17.0 Å². The third kappa shape index (κ3) is 3.73. The van der Waals surface area contributed by atoms with Gasteiger partial charge >= 0.3 is 5.97 Å². The summed E-state index contributed by atoms with van der Waals surface area (Å²) in [5.41, 5.74) is 3.98. The number of aryl methyl sites for hydroxylation is 1. The van der Waals surface area contributed by atoms with Crippen LogP contribution in [0, 0.1) is 0 Å². The largest absolute Gasteiger partial charge is 0.465 e. The van der Waals surface area contributed by atoms with Crippen molar-refractivity contribution in [3.8, 4) is 0 Å². The summed E-state index contributed by atoms with van der Waals surface area (Å²) >= 11 is 0. The molecule has 1 aliphatic rings. The van der Waals surface area contributed by atoms with Gasteiger partial charge < -0.3 is 9.64 Å². The summed E-state index contributed by atoms with van der Waals surface area (Å²) in [4.78, 5) is 26.2. The SMILES string of the molecule is COC(=O)c1ccc(CN(C)C(=O)C2CCCc3ccccc32)cc1. The highest BCUT2D eigenvalue weighted by molar-refractivity contribution is 5.89. The number of hydrogen-bond donors (Lipinski definition) is 0. The van der Waals surface area contributed by atoms with Crippen LogP contribution in [0.5, 0.6) is 0 Å². The fourth-order valence-electron chi connectivity index (χ4n) is 3.49. The number of nitrogens with zero attached hydrogens (tertiary/aromatic N) is 1. The van der Waals surface area contributed by atoms with Gasteiger partial charge in [0, 0.05) is 13.6 Å². The molecule has 0 fully saturated rings. The molecule has 0 bridgehead atoms. The molecule has 1 atom stereocenters. The number of ether oxygens (including phenoxy) is 1. The van der Waals surface area contributed by atoms with Gasteiger partial charge in [-0.1, -0.05) is 36.4 Å². The number of esters is 1. The van der Waals surface area contributed by atoms with Crippen LogP contribution in [-0.2, 0) is 22.5 Å². The first-order chi connectivity index (χ1) is 12.1. The molecule has 0 saturated carbocycles. The number of likely N-dealkylation sites (N-methyl/N-ethyl adjacent to an activating group) is 1. The fourth-order valence-corrected chi connectivity index (χ4v) is 3.49. The minimum Gasteiger partial charge on any atom is -0.465 e. The number of benzene rings is 2. The Morgan fingerprint density at radius 3 is 2.56 bits per heavy atom. The van der Waals surface area contributed by atoms with E-state index >= 15 is 0 Å². The number of fused-ring (bicyclic) bond motifs is 1. The summed E-state index contributed by atoms with van der Waals surface area (Å²) in [5, 5.41) is 0. The Hall–Kier alpha value is -2.62. The van der Waals surface area contributed by atoms with Crippen molar-refractivity contribution in [2.45, 2.75) is 31.7 Å². The van der Waals surface area contributed by atoms with Gasteiger partial charge in [0.15, 0.2) is 0 Å². The van der Waals surface area contributed by atoms with E-state index in [9.17, 15) is 9.59 Å². The van der Waals surface area contributed by atoms with E-state index in [1.807, 2.05) is 31.3 Å². The zero-order valence-corrected chi connectivity index (χ0v) is 14.7. The molecule has 0 N–H and O–H groups in total. The normalized spacial score (nSPS) is 16.0. The number of amides is 1. The Labute approximate surface area is 148 Å². The molecule has 4 nitrogen and oxygen atoms in total. The number of carbonyl (C=O) groups excluding carboxylic acids is 2. The number of hydrogen-bond acceptors (Lipinski definition) is 3. The molecule has 3 rings (SSSR count). The second-order valence-corrected chi connectivity index (χ2v) is 6.53. The predicted octanol–water partition coefficient (Wildman–Crippen LogP) is 3.55. The van der Waals surface area contributed by atoms with E-state index in [0.29, 0.717) is 12.1 Å². The van der Waals surface area contributed by atoms with Crippen molar-refractivity contribution >= 4 is 11.9 Å². The smallest absolute Gasteiger partial charge is 0.337 e. The van der Waals surface area contributed by atoms with Crippen LogP contribution >= 0.6 is 0 Å². The summed E-state index contributed by atoms with van der Waals surface area (Å²) in [6.45, 7) is 0.527. The molecule has 1 unspecified atom stereocenters. The minimum atomic E-state index is -0.352. The van der Waals surface area contributed by atoms with Crippen LogP contribution in [0.1, 0.15) is 45.8 Å². The average Bonchev–Trinajstić information content (AvgIpc) is 2.67. The lowest BCUT2D eigenvalue weighted by Crippen LogP contribution is -2.33. The highest BCUT2D eigenvalue weighted by atomic mass is 16.5. The van der Waals surface area contributed by atoms with Gasteiger partial charge in [0.25, 0.3) is 0 Å². The molecule has 0 heterocycles. The summed E-state index contributed by atoms with van der Waals surface area (Å²) in [7, 11) is 3.21. The van der Waals surface area contributed by atoms with Crippen molar-refractivity contribution in [3.05, 3.63) is 70.8 Å². The van der Waals surface area contributed by atoms with Crippen molar-refractivity contribution in [3.63, 3.8) is 0 Å². The number of methoxy groups -OCH3 is 1. The molecule has 1 amide bonds. The van der Waals surface area contributed by atoms with Gasteiger partial charge in [-0.15, -0.1) is 0 Å². The lowest BCUT2D eigenvalue weighted by atomic mass is 9.82. The molecule has 0 aromatic heterocycles.